The van der Waals surface area contributed by atoms with Crippen molar-refractivity contribution in [3.05, 3.63) is 58.0 Å². The van der Waals surface area contributed by atoms with Gasteiger partial charge < -0.3 is 19.3 Å². The Kier molecular flexibility index (Phi) is 4.03. The van der Waals surface area contributed by atoms with Crippen LogP contribution in [0.2, 0.25) is 0 Å². The van der Waals surface area contributed by atoms with Gasteiger partial charge in [0.1, 0.15) is 0 Å². The Bertz CT molecular complexity index is 1740. The first-order valence-corrected chi connectivity index (χ1v) is 11.4. The maximum absolute atomic E-state index is 13.1. The van der Waals surface area contributed by atoms with Crippen molar-refractivity contribution in [3.8, 4) is 0 Å². The van der Waals surface area contributed by atoms with Crippen molar-refractivity contribution in [1.82, 2.24) is 24.8 Å². The second kappa shape index (κ2) is 7.02. The molecule has 0 unspecified atom stereocenters. The molecule has 5 aromatic rings. The zero-order valence-electron chi connectivity index (χ0n) is 18.2. The highest BCUT2D eigenvalue weighted by molar-refractivity contribution is 6.39. The molecule has 0 radical (unpaired) electrons. The lowest BCUT2D eigenvalue weighted by molar-refractivity contribution is 0.0366. The number of fused-ring (bicyclic) bond motifs is 10. The van der Waals surface area contributed by atoms with E-state index in [0.29, 0.717) is 28.6 Å². The maximum Gasteiger partial charge on any atom is 0.259 e. The van der Waals surface area contributed by atoms with Gasteiger partial charge in [-0.3, -0.25) is 24.6 Å². The third-order valence-electron chi connectivity index (χ3n) is 7.09. The van der Waals surface area contributed by atoms with E-state index in [1.807, 2.05) is 18.5 Å². The van der Waals surface area contributed by atoms with Gasteiger partial charge in [-0.15, -0.1) is 0 Å². The molecule has 2 aliphatic heterocycles. The van der Waals surface area contributed by atoms with E-state index in [1.54, 1.807) is 6.07 Å². The predicted molar refractivity (Wildman–Crippen MR) is 128 cm³/mol. The number of hydrogen-bond donors (Lipinski definition) is 3. The second-order valence-electron chi connectivity index (χ2n) is 8.89. The average molecular weight is 455 g/mol. The number of ether oxygens (including phenoxy) is 1. The van der Waals surface area contributed by atoms with Crippen LogP contribution in [0.15, 0.2) is 41.5 Å². The minimum Gasteiger partial charge on any atom is -0.379 e. The molecule has 1 fully saturated rings. The molecule has 0 saturated carbocycles. The molecule has 0 atom stereocenters. The Morgan fingerprint density at radius 1 is 0.912 bits per heavy atom. The third-order valence-corrected chi connectivity index (χ3v) is 7.09. The van der Waals surface area contributed by atoms with E-state index in [4.69, 9.17) is 4.74 Å². The predicted octanol–water partition coefficient (Wildman–Crippen LogP) is 2.33. The Balaban J connectivity index is 1.62. The number of aromatic amines is 2. The molecule has 7 rings (SSSR count). The van der Waals surface area contributed by atoms with Gasteiger partial charge in [-0.1, -0.05) is 0 Å². The lowest BCUT2D eigenvalue weighted by Crippen LogP contribution is -2.38. The van der Waals surface area contributed by atoms with Crippen LogP contribution in [0.25, 0.3) is 43.6 Å². The van der Waals surface area contributed by atoms with E-state index in [-0.39, 0.29) is 11.3 Å². The molecule has 0 bridgehead atoms. The third kappa shape index (κ3) is 2.59. The summed E-state index contributed by atoms with van der Waals surface area (Å²) >= 11 is 0. The molecule has 34 heavy (non-hydrogen) atoms. The van der Waals surface area contributed by atoms with Crippen molar-refractivity contribution in [2.75, 3.05) is 32.8 Å². The van der Waals surface area contributed by atoms with Crippen LogP contribution in [0.1, 0.15) is 20.7 Å². The topological polar surface area (TPSA) is 112 Å². The Morgan fingerprint density at radius 2 is 1.71 bits per heavy atom. The second-order valence-corrected chi connectivity index (χ2v) is 8.89. The number of carbonyl (C=O) groups is 2. The van der Waals surface area contributed by atoms with Crippen molar-refractivity contribution in [3.63, 3.8) is 0 Å². The molecule has 3 N–H and O–H groups in total. The van der Waals surface area contributed by atoms with Crippen molar-refractivity contribution < 1.29 is 14.3 Å². The summed E-state index contributed by atoms with van der Waals surface area (Å²) in [5.41, 5.74) is 3.90. The number of aromatic nitrogens is 3. The lowest BCUT2D eigenvalue weighted by Gasteiger charge is -2.27. The van der Waals surface area contributed by atoms with Gasteiger partial charge in [-0.05, 0) is 18.2 Å². The van der Waals surface area contributed by atoms with Crippen LogP contribution >= 0.6 is 0 Å². The molecule has 2 amide bonds. The minimum absolute atomic E-state index is 0.116. The Labute approximate surface area is 192 Å². The molecule has 170 valence electrons. The van der Waals surface area contributed by atoms with Crippen LogP contribution < -0.4 is 10.7 Å². The molecule has 2 aromatic carbocycles. The van der Waals surface area contributed by atoms with Gasteiger partial charge >= 0.3 is 0 Å². The number of carbonyl (C=O) groups excluding carboxylic acids is 2. The zero-order valence-corrected chi connectivity index (χ0v) is 18.2. The van der Waals surface area contributed by atoms with E-state index in [1.165, 1.54) is 12.1 Å². The maximum atomic E-state index is 13.1. The fourth-order valence-electron chi connectivity index (χ4n) is 5.60. The van der Waals surface area contributed by atoms with E-state index >= 15 is 0 Å². The number of amides is 2. The normalized spacial score (nSPS) is 16.8. The summed E-state index contributed by atoms with van der Waals surface area (Å²) in [5, 5.41) is 5.60. The summed E-state index contributed by atoms with van der Waals surface area (Å²) in [6, 6.07) is 6.71. The van der Waals surface area contributed by atoms with Crippen LogP contribution in [0.3, 0.4) is 0 Å². The van der Waals surface area contributed by atoms with Crippen LogP contribution in [-0.2, 0) is 11.3 Å². The molecule has 0 spiro atoms. The smallest absolute Gasteiger partial charge is 0.259 e. The number of nitrogens with zero attached hydrogens (tertiary/aromatic N) is 2. The van der Waals surface area contributed by atoms with E-state index < -0.39 is 5.91 Å². The summed E-state index contributed by atoms with van der Waals surface area (Å²) in [5.74, 6) is -0.794. The first kappa shape index (κ1) is 19.5. The van der Waals surface area contributed by atoms with Gasteiger partial charge in [-0.25, -0.2) is 0 Å². The summed E-state index contributed by atoms with van der Waals surface area (Å²) in [4.78, 5) is 47.1. The van der Waals surface area contributed by atoms with Crippen LogP contribution in [0, 0.1) is 0 Å². The quantitative estimate of drug-likeness (QED) is 0.362. The summed E-state index contributed by atoms with van der Waals surface area (Å²) in [6.45, 7) is 4.73. The molecule has 0 aliphatic carbocycles. The number of hydrogen-bond acceptors (Lipinski definition) is 5. The van der Waals surface area contributed by atoms with Crippen LogP contribution in [-0.4, -0.2) is 64.1 Å². The zero-order chi connectivity index (χ0) is 23.0. The van der Waals surface area contributed by atoms with Crippen molar-refractivity contribution in [2.45, 2.75) is 6.54 Å². The Morgan fingerprint density at radius 3 is 2.53 bits per heavy atom. The highest BCUT2D eigenvalue weighted by atomic mass is 16.5. The fraction of sp³-hybridized carbons (Fsp3) is 0.240. The molecule has 1 saturated heterocycles. The highest BCUT2D eigenvalue weighted by Crippen LogP contribution is 2.43. The minimum atomic E-state index is -0.407. The number of morpholine rings is 1. The standard InChI is InChI=1S/C25H21N5O4/c31-13-1-2-14-16(11-13)27-22-18(14)20-21(25(33)28-24(20)32)19-15-3-4-26-12-17(15)30(23(19)22)6-5-29-7-9-34-10-8-29/h1-4,11-12,26-27H,5-10H2,(H,28,32,33). The Hall–Kier alpha value is -3.95. The molecule has 9 heteroatoms. The van der Waals surface area contributed by atoms with E-state index in [0.717, 1.165) is 65.6 Å². The first-order valence-electron chi connectivity index (χ1n) is 11.4. The SMILES string of the molecule is O=C1NC(=O)c2c1c1c3ccc(=O)cc3[nH]c1c1c2c2cc[nH]cc2n1CCN1CCOCC1. The molecular formula is C25H21N5O4. The van der Waals surface area contributed by atoms with Crippen molar-refractivity contribution in [2.24, 2.45) is 0 Å². The summed E-state index contributed by atoms with van der Waals surface area (Å²) in [7, 11) is 0. The monoisotopic (exact) mass is 455 g/mol. The lowest BCUT2D eigenvalue weighted by atomic mass is 9.97. The van der Waals surface area contributed by atoms with Gasteiger partial charge in [-0.2, -0.15) is 0 Å². The van der Waals surface area contributed by atoms with Gasteiger partial charge in [0, 0.05) is 66.2 Å². The molecule has 2 aliphatic rings. The number of nitrogens with one attached hydrogen (secondary N) is 3. The molecule has 5 heterocycles. The fourth-order valence-corrected chi connectivity index (χ4v) is 5.60. The summed E-state index contributed by atoms with van der Waals surface area (Å²) < 4.78 is 7.70. The molecule has 9 nitrogen and oxygen atoms in total. The number of imide groups is 1. The number of H-pyrrole nitrogens is 2. The highest BCUT2D eigenvalue weighted by Gasteiger charge is 2.35. The number of rotatable bonds is 3. The van der Waals surface area contributed by atoms with E-state index in [9.17, 15) is 14.4 Å². The van der Waals surface area contributed by atoms with Crippen LogP contribution in [0.4, 0.5) is 0 Å². The van der Waals surface area contributed by atoms with Gasteiger partial charge in [0.2, 0.25) is 0 Å². The number of benzene rings is 2. The molecular weight excluding hydrogens is 434 g/mol. The van der Waals surface area contributed by atoms with E-state index in [2.05, 4.69) is 24.8 Å². The van der Waals surface area contributed by atoms with Gasteiger partial charge in [0.15, 0.2) is 5.43 Å². The largest absolute Gasteiger partial charge is 0.379 e. The van der Waals surface area contributed by atoms with Crippen LogP contribution in [0.5, 0.6) is 0 Å². The van der Waals surface area contributed by atoms with Gasteiger partial charge in [0.05, 0.1) is 46.4 Å². The first-order chi connectivity index (χ1) is 16.6. The average Bonchev–Trinajstić information content (AvgIpc) is 3.47. The number of pyridine rings is 1. The molecule has 3 aromatic heterocycles. The summed E-state index contributed by atoms with van der Waals surface area (Å²) in [6.07, 6.45) is 3.76. The van der Waals surface area contributed by atoms with Gasteiger partial charge in [0.25, 0.3) is 11.8 Å². The van der Waals surface area contributed by atoms with Crippen molar-refractivity contribution >= 4 is 55.4 Å². The van der Waals surface area contributed by atoms with Crippen molar-refractivity contribution in [1.29, 1.82) is 0 Å².